The summed E-state index contributed by atoms with van der Waals surface area (Å²) in [5.41, 5.74) is 0. The highest BCUT2D eigenvalue weighted by Crippen LogP contribution is 2.13. The number of hydrogen-bond donors (Lipinski definition) is 0. The van der Waals surface area contributed by atoms with Gasteiger partial charge in [0.1, 0.15) is 13.2 Å². The Morgan fingerprint density at radius 1 is 0.344 bits per heavy atom. The lowest BCUT2D eigenvalue weighted by molar-refractivity contribution is -0.167. The quantitative estimate of drug-likeness (QED) is 0.0200. The lowest BCUT2D eigenvalue weighted by Gasteiger charge is -2.18. The first-order valence-corrected chi connectivity index (χ1v) is 24.5. The van der Waals surface area contributed by atoms with Crippen molar-refractivity contribution in [3.8, 4) is 0 Å². The zero-order valence-corrected chi connectivity index (χ0v) is 39.1. The lowest BCUT2D eigenvalue weighted by Crippen LogP contribution is -2.30. The van der Waals surface area contributed by atoms with Crippen molar-refractivity contribution in [3.05, 3.63) is 109 Å². The fourth-order valence-electron chi connectivity index (χ4n) is 6.29. The second-order valence-electron chi connectivity index (χ2n) is 15.8. The molecule has 61 heavy (non-hydrogen) atoms. The molecule has 0 bridgehead atoms. The summed E-state index contributed by atoms with van der Waals surface area (Å²) in [6.45, 7) is 6.25. The maximum Gasteiger partial charge on any atom is 0.306 e. The van der Waals surface area contributed by atoms with Gasteiger partial charge in [0.15, 0.2) is 6.10 Å². The monoisotopic (exact) mass is 845 g/mol. The zero-order valence-electron chi connectivity index (χ0n) is 39.1. The lowest BCUT2D eigenvalue weighted by atomic mass is 10.1. The van der Waals surface area contributed by atoms with Gasteiger partial charge >= 0.3 is 17.9 Å². The highest BCUT2D eigenvalue weighted by molar-refractivity contribution is 5.71. The first-order chi connectivity index (χ1) is 30.0. The molecule has 6 heteroatoms. The standard InChI is InChI=1S/C55H88O6/c1-4-7-10-13-16-19-22-25-26-27-28-31-33-36-39-42-45-48-54(57)60-51-52(61-55(58)49-46-43-40-37-34-30-24-21-18-15-12-9-6-3)50-59-53(56)47-44-41-38-35-32-29-23-20-17-14-11-8-5-2/h8-9,11-12,14-15,17-18,20-21,23-26,30,34,37,40,52H,4-7,10,13,16,19,22,27-29,31-33,35-36,38-39,41-51H2,1-3H3/b11-8+,12-9+,17-14+,18-15+,23-20+,24-21+,26-25+,34-30+,40-37+. The molecule has 0 heterocycles. The molecule has 0 saturated carbocycles. The van der Waals surface area contributed by atoms with E-state index in [0.29, 0.717) is 19.3 Å². The van der Waals surface area contributed by atoms with Crippen molar-refractivity contribution in [1.82, 2.24) is 0 Å². The van der Waals surface area contributed by atoms with Gasteiger partial charge in [-0.05, 0) is 77.0 Å². The first-order valence-electron chi connectivity index (χ1n) is 24.5. The molecule has 0 radical (unpaired) electrons. The Balaban J connectivity index is 4.51. The van der Waals surface area contributed by atoms with Crippen LogP contribution in [-0.2, 0) is 28.6 Å². The molecule has 0 aliphatic heterocycles. The van der Waals surface area contributed by atoms with Gasteiger partial charge < -0.3 is 14.2 Å². The Labute approximate surface area is 374 Å². The number of allylic oxidation sites excluding steroid dienone is 18. The van der Waals surface area contributed by atoms with Crippen LogP contribution in [0.3, 0.4) is 0 Å². The molecule has 0 fully saturated rings. The average molecular weight is 845 g/mol. The molecule has 344 valence electrons. The van der Waals surface area contributed by atoms with Crippen LogP contribution in [0.5, 0.6) is 0 Å². The smallest absolute Gasteiger partial charge is 0.306 e. The van der Waals surface area contributed by atoms with E-state index in [-0.39, 0.29) is 31.6 Å². The third-order valence-electron chi connectivity index (χ3n) is 9.93. The number of carbonyl (C=O) groups is 3. The van der Waals surface area contributed by atoms with Crippen LogP contribution in [0.4, 0.5) is 0 Å². The first kappa shape index (κ1) is 57.1. The molecule has 0 amide bonds. The predicted molar refractivity (Wildman–Crippen MR) is 260 cm³/mol. The Morgan fingerprint density at radius 2 is 0.672 bits per heavy atom. The summed E-state index contributed by atoms with van der Waals surface area (Å²) in [6.07, 6.45) is 65.1. The summed E-state index contributed by atoms with van der Waals surface area (Å²) in [7, 11) is 0. The Morgan fingerprint density at radius 3 is 1.10 bits per heavy atom. The van der Waals surface area contributed by atoms with Crippen LogP contribution in [-0.4, -0.2) is 37.2 Å². The molecule has 6 nitrogen and oxygen atoms in total. The van der Waals surface area contributed by atoms with Crippen LogP contribution in [0, 0.1) is 0 Å². The van der Waals surface area contributed by atoms with Gasteiger partial charge in [0, 0.05) is 19.3 Å². The molecule has 0 saturated heterocycles. The number of esters is 3. The van der Waals surface area contributed by atoms with Crippen LogP contribution >= 0.6 is 0 Å². The van der Waals surface area contributed by atoms with Crippen LogP contribution < -0.4 is 0 Å². The second kappa shape index (κ2) is 48.7. The summed E-state index contributed by atoms with van der Waals surface area (Å²) in [6, 6.07) is 0. The minimum Gasteiger partial charge on any atom is -0.462 e. The average Bonchev–Trinajstić information content (AvgIpc) is 3.26. The third kappa shape index (κ3) is 47.0. The van der Waals surface area contributed by atoms with Gasteiger partial charge in [-0.2, -0.15) is 0 Å². The molecule has 0 N–H and O–H groups in total. The maximum atomic E-state index is 12.7. The minimum atomic E-state index is -0.826. The van der Waals surface area contributed by atoms with Gasteiger partial charge in [-0.25, -0.2) is 0 Å². The van der Waals surface area contributed by atoms with Gasteiger partial charge in [0.25, 0.3) is 0 Å². The van der Waals surface area contributed by atoms with Crippen LogP contribution in [0.1, 0.15) is 201 Å². The van der Waals surface area contributed by atoms with Crippen molar-refractivity contribution in [2.75, 3.05) is 13.2 Å². The third-order valence-corrected chi connectivity index (χ3v) is 9.93. The second-order valence-corrected chi connectivity index (χ2v) is 15.8. The largest absolute Gasteiger partial charge is 0.462 e. The number of hydrogen-bond acceptors (Lipinski definition) is 6. The van der Waals surface area contributed by atoms with E-state index in [1.54, 1.807) is 0 Å². The van der Waals surface area contributed by atoms with Crippen LogP contribution in [0.15, 0.2) is 109 Å². The van der Waals surface area contributed by atoms with Crippen molar-refractivity contribution in [2.24, 2.45) is 0 Å². The predicted octanol–water partition coefficient (Wildman–Crippen LogP) is 16.0. The normalized spacial score (nSPS) is 13.0. The van der Waals surface area contributed by atoms with Gasteiger partial charge in [0.2, 0.25) is 0 Å². The molecule has 0 aromatic heterocycles. The highest BCUT2D eigenvalue weighted by atomic mass is 16.6. The number of ether oxygens (including phenoxy) is 3. The summed E-state index contributed by atoms with van der Waals surface area (Å²) in [4.78, 5) is 37.9. The van der Waals surface area contributed by atoms with Crippen molar-refractivity contribution < 1.29 is 28.6 Å². The van der Waals surface area contributed by atoms with E-state index >= 15 is 0 Å². The van der Waals surface area contributed by atoms with Gasteiger partial charge in [0.05, 0.1) is 0 Å². The van der Waals surface area contributed by atoms with Crippen molar-refractivity contribution in [1.29, 1.82) is 0 Å². The minimum absolute atomic E-state index is 0.118. The van der Waals surface area contributed by atoms with E-state index in [2.05, 4.69) is 69.4 Å². The van der Waals surface area contributed by atoms with Gasteiger partial charge in [-0.15, -0.1) is 0 Å². The molecular weight excluding hydrogens is 757 g/mol. The molecule has 1 unspecified atom stereocenters. The summed E-state index contributed by atoms with van der Waals surface area (Å²) >= 11 is 0. The maximum absolute atomic E-state index is 12.7. The van der Waals surface area contributed by atoms with Crippen molar-refractivity contribution in [3.63, 3.8) is 0 Å². The molecule has 0 aliphatic carbocycles. The topological polar surface area (TPSA) is 78.9 Å². The molecule has 0 aliphatic rings. The van der Waals surface area contributed by atoms with Crippen molar-refractivity contribution in [2.45, 2.75) is 207 Å². The Kier molecular flexibility index (Phi) is 45.6. The molecule has 0 aromatic rings. The zero-order chi connectivity index (χ0) is 44.4. The van der Waals surface area contributed by atoms with E-state index < -0.39 is 12.1 Å². The molecule has 0 rings (SSSR count). The van der Waals surface area contributed by atoms with Crippen LogP contribution in [0.25, 0.3) is 0 Å². The summed E-state index contributed by atoms with van der Waals surface area (Å²) < 4.78 is 16.7. The van der Waals surface area contributed by atoms with E-state index in [4.69, 9.17) is 14.2 Å². The van der Waals surface area contributed by atoms with E-state index in [1.807, 2.05) is 60.8 Å². The molecule has 0 aromatic carbocycles. The highest BCUT2D eigenvalue weighted by Gasteiger charge is 2.19. The van der Waals surface area contributed by atoms with Crippen molar-refractivity contribution >= 4 is 17.9 Å². The summed E-state index contributed by atoms with van der Waals surface area (Å²) in [5, 5.41) is 0. The van der Waals surface area contributed by atoms with Gasteiger partial charge in [-0.3, -0.25) is 14.4 Å². The molecule has 0 spiro atoms. The fourth-order valence-corrected chi connectivity index (χ4v) is 6.29. The number of unbranched alkanes of at least 4 members (excludes halogenated alkanes) is 19. The Hall–Kier alpha value is -3.93. The summed E-state index contributed by atoms with van der Waals surface area (Å²) in [5.74, 6) is -1.03. The Bertz CT molecular complexity index is 1290. The SMILES string of the molecule is CC/C=C/C=C/C=C/C=C/C=C/CCCC(=O)OC(COC(=O)CCCCCCC/C=C/C=C/C=C/CC)COC(=O)CCCCCCCCC/C=C/CCCCCCCC. The fraction of sp³-hybridized carbons (Fsp3) is 0.618. The molecule has 1 atom stereocenters. The van der Waals surface area contributed by atoms with E-state index in [0.717, 1.165) is 77.0 Å². The number of carbonyl (C=O) groups excluding carboxylic acids is 3. The van der Waals surface area contributed by atoms with Crippen LogP contribution in [0.2, 0.25) is 0 Å². The van der Waals surface area contributed by atoms with E-state index in [9.17, 15) is 14.4 Å². The molecular formula is C55H88O6. The van der Waals surface area contributed by atoms with E-state index in [1.165, 1.54) is 77.0 Å². The van der Waals surface area contributed by atoms with Gasteiger partial charge in [-0.1, -0.05) is 214 Å². The number of rotatable bonds is 42.